The second-order valence-corrected chi connectivity index (χ2v) is 4.47. The van der Waals surface area contributed by atoms with Gasteiger partial charge in [-0.15, -0.1) is 0 Å². The van der Waals surface area contributed by atoms with E-state index >= 15 is 0 Å². The SMILES string of the molecule is COCCNC(=O)CCNC(=O)CN1CCNCC1. The molecule has 2 amide bonds. The summed E-state index contributed by atoms with van der Waals surface area (Å²) >= 11 is 0. The van der Waals surface area contributed by atoms with Crippen LogP contribution in [0.1, 0.15) is 6.42 Å². The molecule has 0 aromatic rings. The number of methoxy groups -OCH3 is 1. The van der Waals surface area contributed by atoms with E-state index in [1.165, 1.54) is 0 Å². The molecule has 0 aromatic carbocycles. The van der Waals surface area contributed by atoms with E-state index in [9.17, 15) is 9.59 Å². The second-order valence-electron chi connectivity index (χ2n) is 4.47. The molecule has 1 aliphatic heterocycles. The first-order valence-corrected chi connectivity index (χ1v) is 6.68. The van der Waals surface area contributed by atoms with Gasteiger partial charge in [0, 0.05) is 52.8 Å². The fourth-order valence-electron chi connectivity index (χ4n) is 1.82. The lowest BCUT2D eigenvalue weighted by molar-refractivity contribution is -0.123. The molecule has 0 atom stereocenters. The number of amides is 2. The molecular weight excluding hydrogens is 248 g/mol. The maximum absolute atomic E-state index is 11.6. The Morgan fingerprint density at radius 3 is 2.53 bits per heavy atom. The van der Waals surface area contributed by atoms with Crippen LogP contribution in [0, 0.1) is 0 Å². The van der Waals surface area contributed by atoms with Crippen LogP contribution in [0.15, 0.2) is 0 Å². The van der Waals surface area contributed by atoms with Crippen LogP contribution >= 0.6 is 0 Å². The Hall–Kier alpha value is -1.18. The first-order valence-electron chi connectivity index (χ1n) is 6.68. The van der Waals surface area contributed by atoms with Crippen molar-refractivity contribution < 1.29 is 14.3 Å². The average molecular weight is 272 g/mol. The number of rotatable bonds is 8. The molecule has 0 spiro atoms. The third-order valence-electron chi connectivity index (χ3n) is 2.88. The molecule has 0 unspecified atom stereocenters. The van der Waals surface area contributed by atoms with Gasteiger partial charge in [-0.2, -0.15) is 0 Å². The molecule has 1 saturated heterocycles. The standard InChI is InChI=1S/C12H24N4O3/c1-19-9-6-15-11(17)2-3-14-12(18)10-16-7-4-13-5-8-16/h13H,2-10H2,1H3,(H,14,18)(H,15,17). The van der Waals surface area contributed by atoms with Crippen molar-refractivity contribution in [2.75, 3.05) is 59.5 Å². The maximum Gasteiger partial charge on any atom is 0.234 e. The van der Waals surface area contributed by atoms with Gasteiger partial charge in [0.15, 0.2) is 0 Å². The Bertz CT molecular complexity index is 280. The van der Waals surface area contributed by atoms with Crippen molar-refractivity contribution in [1.82, 2.24) is 20.9 Å². The molecule has 0 aromatic heterocycles. The third-order valence-corrected chi connectivity index (χ3v) is 2.88. The van der Waals surface area contributed by atoms with Crippen LogP contribution in [0.25, 0.3) is 0 Å². The number of carbonyl (C=O) groups is 2. The summed E-state index contributed by atoms with van der Waals surface area (Å²) in [6, 6.07) is 0. The van der Waals surface area contributed by atoms with Crippen molar-refractivity contribution in [3.63, 3.8) is 0 Å². The van der Waals surface area contributed by atoms with Crippen LogP contribution in [-0.2, 0) is 14.3 Å². The van der Waals surface area contributed by atoms with Gasteiger partial charge in [0.05, 0.1) is 13.2 Å². The zero-order chi connectivity index (χ0) is 13.9. The minimum atomic E-state index is -0.0699. The maximum atomic E-state index is 11.6. The van der Waals surface area contributed by atoms with E-state index in [-0.39, 0.29) is 11.8 Å². The predicted molar refractivity (Wildman–Crippen MR) is 71.8 cm³/mol. The van der Waals surface area contributed by atoms with Crippen molar-refractivity contribution in [3.8, 4) is 0 Å². The zero-order valence-electron chi connectivity index (χ0n) is 11.5. The predicted octanol–water partition coefficient (Wildman–Crippen LogP) is -1.84. The van der Waals surface area contributed by atoms with E-state index in [4.69, 9.17) is 4.74 Å². The van der Waals surface area contributed by atoms with Gasteiger partial charge >= 0.3 is 0 Å². The van der Waals surface area contributed by atoms with Crippen LogP contribution < -0.4 is 16.0 Å². The van der Waals surface area contributed by atoms with Gasteiger partial charge in [-0.25, -0.2) is 0 Å². The minimum absolute atomic E-state index is 0.0217. The van der Waals surface area contributed by atoms with Crippen molar-refractivity contribution >= 4 is 11.8 Å². The van der Waals surface area contributed by atoms with Crippen LogP contribution in [0.5, 0.6) is 0 Å². The Balaban J connectivity index is 2.01. The van der Waals surface area contributed by atoms with Gasteiger partial charge in [-0.1, -0.05) is 0 Å². The Kier molecular flexibility index (Phi) is 8.11. The highest BCUT2D eigenvalue weighted by Gasteiger charge is 2.13. The molecule has 7 nitrogen and oxygen atoms in total. The number of hydrogen-bond donors (Lipinski definition) is 3. The number of nitrogens with one attached hydrogen (secondary N) is 3. The highest BCUT2D eigenvalue weighted by Crippen LogP contribution is 1.91. The molecule has 1 aliphatic rings. The van der Waals surface area contributed by atoms with Crippen molar-refractivity contribution in [3.05, 3.63) is 0 Å². The normalized spacial score (nSPS) is 16.1. The molecule has 3 N–H and O–H groups in total. The summed E-state index contributed by atoms with van der Waals surface area (Å²) in [4.78, 5) is 25.1. The fourth-order valence-corrected chi connectivity index (χ4v) is 1.82. The molecule has 7 heteroatoms. The van der Waals surface area contributed by atoms with Crippen LogP contribution in [-0.4, -0.2) is 76.2 Å². The molecule has 110 valence electrons. The number of carbonyl (C=O) groups excluding carboxylic acids is 2. The van der Waals surface area contributed by atoms with E-state index < -0.39 is 0 Å². The van der Waals surface area contributed by atoms with E-state index in [1.807, 2.05) is 0 Å². The molecule has 0 radical (unpaired) electrons. The summed E-state index contributed by atoms with van der Waals surface area (Å²) < 4.78 is 4.82. The summed E-state index contributed by atoms with van der Waals surface area (Å²) in [5.74, 6) is -0.0916. The number of ether oxygens (including phenoxy) is 1. The van der Waals surface area contributed by atoms with Gasteiger partial charge in [-0.05, 0) is 0 Å². The second kappa shape index (κ2) is 9.71. The van der Waals surface area contributed by atoms with Gasteiger partial charge in [0.25, 0.3) is 0 Å². The molecule has 0 aliphatic carbocycles. The lowest BCUT2D eigenvalue weighted by atomic mass is 10.3. The summed E-state index contributed by atoms with van der Waals surface area (Å²) in [5, 5.41) is 8.70. The lowest BCUT2D eigenvalue weighted by Gasteiger charge is -2.26. The first kappa shape index (κ1) is 15.9. The number of nitrogens with zero attached hydrogens (tertiary/aromatic N) is 1. The summed E-state index contributed by atoms with van der Waals surface area (Å²) in [6.45, 7) is 5.43. The van der Waals surface area contributed by atoms with Crippen molar-refractivity contribution in [2.24, 2.45) is 0 Å². The van der Waals surface area contributed by atoms with Crippen molar-refractivity contribution in [2.45, 2.75) is 6.42 Å². The molecule has 1 fully saturated rings. The largest absolute Gasteiger partial charge is 0.383 e. The molecule has 1 heterocycles. The van der Waals surface area contributed by atoms with E-state index in [1.54, 1.807) is 7.11 Å². The Labute approximate surface area is 114 Å². The summed E-state index contributed by atoms with van der Waals surface area (Å²) in [7, 11) is 1.59. The fraction of sp³-hybridized carbons (Fsp3) is 0.833. The van der Waals surface area contributed by atoms with Crippen LogP contribution in [0.3, 0.4) is 0 Å². The Morgan fingerprint density at radius 1 is 1.16 bits per heavy atom. The van der Waals surface area contributed by atoms with E-state index in [2.05, 4.69) is 20.9 Å². The molecule has 0 bridgehead atoms. The van der Waals surface area contributed by atoms with Gasteiger partial charge in [0.1, 0.15) is 0 Å². The monoisotopic (exact) mass is 272 g/mol. The van der Waals surface area contributed by atoms with E-state index in [0.29, 0.717) is 32.7 Å². The lowest BCUT2D eigenvalue weighted by Crippen LogP contribution is -2.47. The van der Waals surface area contributed by atoms with Gasteiger partial charge in [0.2, 0.25) is 11.8 Å². The van der Waals surface area contributed by atoms with Crippen LogP contribution in [0.4, 0.5) is 0 Å². The number of piperazine rings is 1. The quantitative estimate of drug-likeness (QED) is 0.452. The number of hydrogen-bond acceptors (Lipinski definition) is 5. The third kappa shape index (κ3) is 7.76. The summed E-state index contributed by atoms with van der Waals surface area (Å²) in [5.41, 5.74) is 0. The van der Waals surface area contributed by atoms with Gasteiger partial charge < -0.3 is 20.7 Å². The zero-order valence-corrected chi connectivity index (χ0v) is 11.5. The molecular formula is C12H24N4O3. The molecule has 0 saturated carbocycles. The minimum Gasteiger partial charge on any atom is -0.383 e. The van der Waals surface area contributed by atoms with Crippen LogP contribution in [0.2, 0.25) is 0 Å². The highest BCUT2D eigenvalue weighted by atomic mass is 16.5. The highest BCUT2D eigenvalue weighted by molar-refractivity contribution is 5.80. The Morgan fingerprint density at radius 2 is 1.84 bits per heavy atom. The van der Waals surface area contributed by atoms with Gasteiger partial charge in [-0.3, -0.25) is 14.5 Å². The van der Waals surface area contributed by atoms with E-state index in [0.717, 1.165) is 26.2 Å². The average Bonchev–Trinajstić information content (AvgIpc) is 2.40. The smallest absolute Gasteiger partial charge is 0.234 e. The summed E-state index contributed by atoms with van der Waals surface area (Å²) in [6.07, 6.45) is 0.303. The molecule has 1 rings (SSSR count). The first-order chi connectivity index (χ1) is 9.22. The molecule has 19 heavy (non-hydrogen) atoms. The van der Waals surface area contributed by atoms with Crippen molar-refractivity contribution in [1.29, 1.82) is 0 Å². The topological polar surface area (TPSA) is 82.7 Å².